The molecule has 1 aromatic heterocycles. The van der Waals surface area contributed by atoms with Crippen molar-refractivity contribution in [2.24, 2.45) is 0 Å². The van der Waals surface area contributed by atoms with Crippen molar-refractivity contribution >= 4 is 24.1 Å². The molecule has 2 aromatic carbocycles. The van der Waals surface area contributed by atoms with E-state index in [0.29, 0.717) is 22.8 Å². The van der Waals surface area contributed by atoms with Crippen LogP contribution < -0.4 is 9.47 Å². The lowest BCUT2D eigenvalue weighted by Crippen LogP contribution is -2.04. The second kappa shape index (κ2) is 9.34. The van der Waals surface area contributed by atoms with Crippen LogP contribution in [-0.4, -0.2) is 11.9 Å². The van der Waals surface area contributed by atoms with E-state index in [1.807, 2.05) is 6.08 Å². The number of benzene rings is 2. The van der Waals surface area contributed by atoms with Crippen LogP contribution in [0.4, 0.5) is 4.39 Å². The summed E-state index contributed by atoms with van der Waals surface area (Å²) in [6, 6.07) is 14.5. The molecule has 3 rings (SSSR count). The lowest BCUT2D eigenvalue weighted by atomic mass is 10.1. The largest absolute Gasteiger partial charge is 0.457 e. The molecule has 0 amide bonds. The first-order chi connectivity index (χ1) is 14.5. The molecule has 0 N–H and O–H groups in total. The molecule has 0 saturated carbocycles. The first-order valence-corrected chi connectivity index (χ1v) is 8.85. The number of furan rings is 1. The predicted octanol–water partition coefficient (Wildman–Crippen LogP) is 5.44. The molecule has 0 radical (unpaired) electrons. The molecule has 0 unspecified atom stereocenters. The van der Waals surface area contributed by atoms with E-state index >= 15 is 0 Å². The monoisotopic (exact) mass is 404 g/mol. The Labute approximate surface area is 172 Å². The highest BCUT2D eigenvalue weighted by Crippen LogP contribution is 2.28. The van der Waals surface area contributed by atoms with Crippen LogP contribution in [-0.2, 0) is 9.59 Å². The van der Waals surface area contributed by atoms with Gasteiger partial charge in [0.15, 0.2) is 11.6 Å². The Morgan fingerprint density at radius 2 is 1.57 bits per heavy atom. The minimum atomic E-state index is -0.737. The van der Waals surface area contributed by atoms with E-state index < -0.39 is 17.8 Å². The third-order valence-corrected chi connectivity index (χ3v) is 3.93. The maximum absolute atomic E-state index is 14.1. The van der Waals surface area contributed by atoms with Gasteiger partial charge in [-0.2, -0.15) is 0 Å². The molecule has 0 bridgehead atoms. The van der Waals surface area contributed by atoms with E-state index in [4.69, 9.17) is 13.9 Å². The predicted molar refractivity (Wildman–Crippen MR) is 111 cm³/mol. The summed E-state index contributed by atoms with van der Waals surface area (Å²) in [4.78, 5) is 22.4. The Hall–Kier alpha value is -4.19. The number of hydrogen-bond acceptors (Lipinski definition) is 5. The Morgan fingerprint density at radius 3 is 2.23 bits per heavy atom. The molecule has 3 aromatic rings. The molecule has 150 valence electrons. The topological polar surface area (TPSA) is 65.7 Å². The van der Waals surface area contributed by atoms with Crippen LogP contribution in [0.15, 0.2) is 84.3 Å². The summed E-state index contributed by atoms with van der Waals surface area (Å²) in [5.74, 6) is -0.687. The summed E-state index contributed by atoms with van der Waals surface area (Å²) in [5.41, 5.74) is 1.37. The maximum atomic E-state index is 14.1. The second-order valence-electron chi connectivity index (χ2n) is 6.00. The van der Waals surface area contributed by atoms with Crippen LogP contribution in [0.25, 0.3) is 23.5 Å². The smallest absolute Gasteiger partial charge is 0.335 e. The summed E-state index contributed by atoms with van der Waals surface area (Å²) < 4.78 is 29.7. The number of esters is 2. The van der Waals surface area contributed by atoms with Crippen LogP contribution in [0.1, 0.15) is 11.3 Å². The maximum Gasteiger partial charge on any atom is 0.335 e. The summed E-state index contributed by atoms with van der Waals surface area (Å²) >= 11 is 0. The van der Waals surface area contributed by atoms with Gasteiger partial charge in [-0.3, -0.25) is 0 Å². The lowest BCUT2D eigenvalue weighted by molar-refractivity contribution is -0.130. The molecule has 0 saturated heterocycles. The molecule has 30 heavy (non-hydrogen) atoms. The minimum absolute atomic E-state index is 0.183. The zero-order chi connectivity index (χ0) is 21.5. The molecular formula is C24H17FO5. The first-order valence-electron chi connectivity index (χ1n) is 8.85. The van der Waals surface area contributed by atoms with Crippen molar-refractivity contribution in [2.75, 3.05) is 0 Å². The fraction of sp³-hybridized carbons (Fsp3) is 0. The Morgan fingerprint density at radius 1 is 0.867 bits per heavy atom. The van der Waals surface area contributed by atoms with Crippen LogP contribution >= 0.6 is 0 Å². The van der Waals surface area contributed by atoms with Gasteiger partial charge in [-0.1, -0.05) is 31.4 Å². The molecule has 5 nitrogen and oxygen atoms in total. The Kier molecular flexibility index (Phi) is 6.39. The van der Waals surface area contributed by atoms with Crippen molar-refractivity contribution in [1.82, 2.24) is 0 Å². The van der Waals surface area contributed by atoms with Gasteiger partial charge in [-0.25, -0.2) is 14.0 Å². The summed E-state index contributed by atoms with van der Waals surface area (Å²) in [6.45, 7) is 6.62. The average molecular weight is 404 g/mol. The van der Waals surface area contributed by atoms with E-state index in [1.54, 1.807) is 48.5 Å². The normalized spacial score (nSPS) is 10.6. The molecule has 0 atom stereocenters. The quantitative estimate of drug-likeness (QED) is 0.298. The van der Waals surface area contributed by atoms with Crippen molar-refractivity contribution in [3.63, 3.8) is 0 Å². The number of rotatable bonds is 7. The van der Waals surface area contributed by atoms with Crippen LogP contribution in [0, 0.1) is 5.82 Å². The van der Waals surface area contributed by atoms with E-state index in [9.17, 15) is 14.0 Å². The molecule has 0 aliphatic rings. The van der Waals surface area contributed by atoms with Crippen molar-refractivity contribution < 1.29 is 27.9 Å². The van der Waals surface area contributed by atoms with E-state index in [0.717, 1.165) is 17.7 Å². The third-order valence-electron chi connectivity index (χ3n) is 3.93. The van der Waals surface area contributed by atoms with Gasteiger partial charge in [0.1, 0.15) is 17.3 Å². The van der Waals surface area contributed by atoms with Gasteiger partial charge in [0.05, 0.1) is 0 Å². The van der Waals surface area contributed by atoms with E-state index in [1.165, 1.54) is 12.1 Å². The van der Waals surface area contributed by atoms with Crippen molar-refractivity contribution in [3.05, 3.63) is 97.0 Å². The molecule has 0 spiro atoms. The van der Waals surface area contributed by atoms with Crippen molar-refractivity contribution in [1.29, 1.82) is 0 Å². The van der Waals surface area contributed by atoms with Gasteiger partial charge in [-0.15, -0.1) is 0 Å². The fourth-order valence-corrected chi connectivity index (χ4v) is 2.47. The van der Waals surface area contributed by atoms with Gasteiger partial charge >= 0.3 is 11.9 Å². The first kappa shape index (κ1) is 20.5. The minimum Gasteiger partial charge on any atom is -0.457 e. The number of halogens is 1. The zero-order valence-electron chi connectivity index (χ0n) is 15.8. The van der Waals surface area contributed by atoms with Gasteiger partial charge in [0.25, 0.3) is 0 Å². The van der Waals surface area contributed by atoms with Crippen LogP contribution in [0.2, 0.25) is 0 Å². The molecule has 0 aliphatic heterocycles. The third kappa shape index (κ3) is 5.20. The molecule has 0 fully saturated rings. The molecule has 0 aliphatic carbocycles. The second-order valence-corrected chi connectivity index (χ2v) is 6.00. The highest BCUT2D eigenvalue weighted by atomic mass is 19.1. The molecular weight excluding hydrogens is 387 g/mol. The zero-order valence-corrected chi connectivity index (χ0v) is 15.8. The van der Waals surface area contributed by atoms with E-state index in [-0.39, 0.29) is 5.75 Å². The average Bonchev–Trinajstić information content (AvgIpc) is 3.23. The summed E-state index contributed by atoms with van der Waals surface area (Å²) in [6.07, 6.45) is 5.63. The summed E-state index contributed by atoms with van der Waals surface area (Å²) in [5, 5.41) is 0. The highest BCUT2D eigenvalue weighted by molar-refractivity contribution is 5.84. The number of carbonyl (C=O) groups excluding carboxylic acids is 2. The Bertz CT molecular complexity index is 1120. The van der Waals surface area contributed by atoms with Gasteiger partial charge < -0.3 is 13.9 Å². The SMILES string of the molecule is C=CC(=O)Oc1ccc(C=Cc2ccc(-c3ccc(OC(=O)C=C)c(F)c3)o2)cc1. The standard InChI is InChI=1S/C24H17FO5/c1-3-23(26)29-19-10-6-16(7-11-19)5-9-18-12-14-21(28-18)17-8-13-22(20(25)15-17)30-24(27)4-2/h3-15H,1-2H2. The van der Waals surface area contributed by atoms with E-state index in [2.05, 4.69) is 13.2 Å². The van der Waals surface area contributed by atoms with Crippen LogP contribution in [0.5, 0.6) is 11.5 Å². The number of carbonyl (C=O) groups is 2. The molecule has 1 heterocycles. The number of ether oxygens (including phenoxy) is 2. The summed E-state index contributed by atoms with van der Waals surface area (Å²) in [7, 11) is 0. The van der Waals surface area contributed by atoms with Crippen molar-refractivity contribution in [2.45, 2.75) is 0 Å². The van der Waals surface area contributed by atoms with Crippen molar-refractivity contribution in [3.8, 4) is 22.8 Å². The van der Waals surface area contributed by atoms with Crippen LogP contribution in [0.3, 0.4) is 0 Å². The van der Waals surface area contributed by atoms with Gasteiger partial charge in [0, 0.05) is 17.7 Å². The Balaban J connectivity index is 1.69. The number of hydrogen-bond donors (Lipinski definition) is 0. The lowest BCUT2D eigenvalue weighted by Gasteiger charge is -2.04. The van der Waals surface area contributed by atoms with Gasteiger partial charge in [0.2, 0.25) is 0 Å². The fourth-order valence-electron chi connectivity index (χ4n) is 2.47. The highest BCUT2D eigenvalue weighted by Gasteiger charge is 2.11. The van der Waals surface area contributed by atoms with Gasteiger partial charge in [-0.05, 0) is 54.1 Å². The molecule has 6 heteroatoms.